The summed E-state index contributed by atoms with van der Waals surface area (Å²) >= 11 is 0. The minimum Gasteiger partial charge on any atom is -0.450 e. The molecular weight excluding hydrogens is 662 g/mol. The van der Waals surface area contributed by atoms with Gasteiger partial charge in [0.05, 0.1) is 0 Å². The van der Waals surface area contributed by atoms with Gasteiger partial charge in [-0.05, 0) is 49.1 Å². The fraction of sp³-hybridized carbons (Fsp3) is 0.550. The summed E-state index contributed by atoms with van der Waals surface area (Å²) in [4.78, 5) is 87.8. The van der Waals surface area contributed by atoms with Crippen molar-refractivity contribution in [2.75, 3.05) is 13.1 Å². The molecule has 3 fully saturated rings. The summed E-state index contributed by atoms with van der Waals surface area (Å²) in [5.74, 6) is -3.83. The van der Waals surface area contributed by atoms with Crippen molar-refractivity contribution in [3.8, 4) is 0 Å². The fourth-order valence-electron chi connectivity index (χ4n) is 7.36. The summed E-state index contributed by atoms with van der Waals surface area (Å²) in [6, 6.07) is 13.5. The van der Waals surface area contributed by atoms with Gasteiger partial charge in [-0.3, -0.25) is 24.0 Å². The first-order valence-electron chi connectivity index (χ1n) is 18.8. The van der Waals surface area contributed by atoms with E-state index in [4.69, 9.17) is 4.74 Å². The molecule has 8 unspecified atom stereocenters. The number of hydrogen-bond donors (Lipinski definition) is 3. The number of benzene rings is 2. The standard InChI is InChI=1S/C40H53N5O7/c1-5-25(3)33-37(48)41-29(23-27-15-9-7-10-16-27)35(46)42-30(24-28-17-11-8-12-18-28)38(49)45-22-14-20-32(45)40(51)52-34(26(4)6-2)39(50)44-21-13-19-31(44)36(47)43-33/h7-12,15-18,25-26,29-34H,5-6,13-14,19-24H2,1-4H3,(H,41,48)(H,42,46)(H,43,47). The molecule has 3 N–H and O–H groups in total. The maximum Gasteiger partial charge on any atom is 0.329 e. The Bertz CT molecular complexity index is 1590. The van der Waals surface area contributed by atoms with Gasteiger partial charge >= 0.3 is 5.97 Å². The molecule has 280 valence electrons. The Hall–Kier alpha value is -4.74. The molecule has 3 aliphatic rings. The fourth-order valence-corrected chi connectivity index (χ4v) is 7.36. The van der Waals surface area contributed by atoms with Gasteiger partial charge < -0.3 is 30.5 Å². The van der Waals surface area contributed by atoms with Crippen LogP contribution in [0.3, 0.4) is 0 Å². The Morgan fingerprint density at radius 2 is 1.15 bits per heavy atom. The van der Waals surface area contributed by atoms with E-state index in [9.17, 15) is 28.8 Å². The zero-order valence-corrected chi connectivity index (χ0v) is 30.7. The van der Waals surface area contributed by atoms with E-state index in [2.05, 4.69) is 16.0 Å². The SMILES string of the molecule is CCC(C)C1NC(=O)C2CCCN2C(=O)C(C(C)CC)OC(=O)C2CCCN2C(=O)C(Cc2ccccc2)NC(=O)C(Cc2ccccc2)NC1=O. The van der Waals surface area contributed by atoms with Crippen LogP contribution in [0.15, 0.2) is 60.7 Å². The molecule has 0 aliphatic carbocycles. The second-order valence-corrected chi connectivity index (χ2v) is 14.5. The van der Waals surface area contributed by atoms with Crippen LogP contribution in [-0.2, 0) is 46.3 Å². The number of ether oxygens (including phenoxy) is 1. The topological polar surface area (TPSA) is 154 Å². The number of nitrogens with one attached hydrogen (secondary N) is 3. The summed E-state index contributed by atoms with van der Waals surface area (Å²) in [5.41, 5.74) is 1.59. The predicted molar refractivity (Wildman–Crippen MR) is 194 cm³/mol. The first-order chi connectivity index (χ1) is 25.0. The number of cyclic esters (lactones) is 1. The third kappa shape index (κ3) is 9.00. The molecule has 0 saturated carbocycles. The molecular formula is C40H53N5O7. The lowest BCUT2D eigenvalue weighted by molar-refractivity contribution is -0.169. The van der Waals surface area contributed by atoms with Gasteiger partial charge in [-0.15, -0.1) is 0 Å². The average Bonchev–Trinajstić information content (AvgIpc) is 3.86. The molecule has 0 bridgehead atoms. The van der Waals surface area contributed by atoms with Crippen LogP contribution in [-0.4, -0.2) is 94.7 Å². The van der Waals surface area contributed by atoms with E-state index in [1.165, 1.54) is 9.80 Å². The first-order valence-corrected chi connectivity index (χ1v) is 18.8. The number of esters is 1. The number of amides is 5. The lowest BCUT2D eigenvalue weighted by Crippen LogP contribution is -2.61. The lowest BCUT2D eigenvalue weighted by Gasteiger charge is -2.34. The molecule has 2 aromatic carbocycles. The second-order valence-electron chi connectivity index (χ2n) is 14.5. The summed E-state index contributed by atoms with van der Waals surface area (Å²) in [5, 5.41) is 8.76. The summed E-state index contributed by atoms with van der Waals surface area (Å²) < 4.78 is 6.01. The van der Waals surface area contributed by atoms with Gasteiger partial charge in [0.1, 0.15) is 30.2 Å². The van der Waals surface area contributed by atoms with Crippen LogP contribution in [0.5, 0.6) is 0 Å². The third-order valence-corrected chi connectivity index (χ3v) is 10.9. The summed E-state index contributed by atoms with van der Waals surface area (Å²) in [6.07, 6.45) is 2.05. The second kappa shape index (κ2) is 17.7. The van der Waals surface area contributed by atoms with Crippen molar-refractivity contribution in [1.82, 2.24) is 25.8 Å². The minimum atomic E-state index is -1.16. The molecule has 0 spiro atoms. The summed E-state index contributed by atoms with van der Waals surface area (Å²) in [7, 11) is 0. The largest absolute Gasteiger partial charge is 0.450 e. The number of carbonyl (C=O) groups excluding carboxylic acids is 6. The van der Waals surface area contributed by atoms with Crippen LogP contribution in [0.1, 0.15) is 77.3 Å². The highest BCUT2D eigenvalue weighted by Crippen LogP contribution is 2.27. The normalized spacial score (nSPS) is 27.7. The Morgan fingerprint density at radius 1 is 0.635 bits per heavy atom. The van der Waals surface area contributed by atoms with Crippen molar-refractivity contribution in [2.45, 2.75) is 115 Å². The van der Waals surface area contributed by atoms with E-state index in [1.807, 2.05) is 88.4 Å². The molecule has 5 amide bonds. The van der Waals surface area contributed by atoms with E-state index in [0.717, 1.165) is 11.1 Å². The molecule has 3 saturated heterocycles. The lowest BCUT2D eigenvalue weighted by atomic mass is 9.96. The van der Waals surface area contributed by atoms with Gasteiger partial charge in [-0.2, -0.15) is 0 Å². The van der Waals surface area contributed by atoms with Crippen molar-refractivity contribution in [3.05, 3.63) is 71.8 Å². The molecule has 3 heterocycles. The van der Waals surface area contributed by atoms with E-state index < -0.39 is 71.8 Å². The van der Waals surface area contributed by atoms with Gasteiger partial charge in [0.2, 0.25) is 23.6 Å². The van der Waals surface area contributed by atoms with Crippen molar-refractivity contribution in [2.24, 2.45) is 11.8 Å². The number of fused-ring (bicyclic) bond motifs is 2. The van der Waals surface area contributed by atoms with Gasteiger partial charge in [0.25, 0.3) is 5.91 Å². The van der Waals surface area contributed by atoms with Crippen LogP contribution < -0.4 is 16.0 Å². The third-order valence-electron chi connectivity index (χ3n) is 10.9. The zero-order valence-electron chi connectivity index (χ0n) is 30.7. The number of rotatable bonds is 8. The van der Waals surface area contributed by atoms with Crippen molar-refractivity contribution in [3.63, 3.8) is 0 Å². The van der Waals surface area contributed by atoms with Gasteiger partial charge in [-0.1, -0.05) is 94.8 Å². The average molecular weight is 716 g/mol. The van der Waals surface area contributed by atoms with Gasteiger partial charge in [-0.25, -0.2) is 4.79 Å². The van der Waals surface area contributed by atoms with Crippen LogP contribution >= 0.6 is 0 Å². The van der Waals surface area contributed by atoms with Gasteiger partial charge in [0.15, 0.2) is 6.10 Å². The Labute approximate surface area is 306 Å². The molecule has 0 radical (unpaired) electrons. The maximum atomic E-state index is 14.4. The quantitative estimate of drug-likeness (QED) is 0.356. The molecule has 5 rings (SSSR count). The van der Waals surface area contributed by atoms with E-state index >= 15 is 0 Å². The zero-order chi connectivity index (χ0) is 37.4. The number of nitrogens with zero attached hydrogens (tertiary/aromatic N) is 2. The molecule has 52 heavy (non-hydrogen) atoms. The Morgan fingerprint density at radius 3 is 1.73 bits per heavy atom. The van der Waals surface area contributed by atoms with Crippen LogP contribution in [0.4, 0.5) is 0 Å². The first kappa shape index (κ1) is 38.5. The van der Waals surface area contributed by atoms with Crippen LogP contribution in [0, 0.1) is 11.8 Å². The van der Waals surface area contributed by atoms with E-state index in [-0.39, 0.29) is 31.2 Å². The molecule has 0 aromatic heterocycles. The Balaban J connectivity index is 1.56. The minimum absolute atomic E-state index is 0.131. The highest BCUT2D eigenvalue weighted by atomic mass is 16.6. The maximum absolute atomic E-state index is 14.4. The van der Waals surface area contributed by atoms with Crippen molar-refractivity contribution >= 4 is 35.5 Å². The smallest absolute Gasteiger partial charge is 0.329 e. The van der Waals surface area contributed by atoms with Crippen molar-refractivity contribution in [1.29, 1.82) is 0 Å². The van der Waals surface area contributed by atoms with Crippen molar-refractivity contribution < 1.29 is 33.5 Å². The monoisotopic (exact) mass is 715 g/mol. The van der Waals surface area contributed by atoms with Gasteiger partial charge in [0, 0.05) is 31.8 Å². The number of hydrogen-bond acceptors (Lipinski definition) is 7. The molecule has 2 aromatic rings. The molecule has 12 heteroatoms. The molecule has 3 aliphatic heterocycles. The highest BCUT2D eigenvalue weighted by Gasteiger charge is 2.45. The van der Waals surface area contributed by atoms with Crippen LogP contribution in [0.2, 0.25) is 0 Å². The number of carbonyl (C=O) groups is 6. The Kier molecular flexibility index (Phi) is 13.1. The van der Waals surface area contributed by atoms with Crippen LogP contribution in [0.25, 0.3) is 0 Å². The molecule has 8 atom stereocenters. The highest BCUT2D eigenvalue weighted by molar-refractivity contribution is 5.97. The summed E-state index contributed by atoms with van der Waals surface area (Å²) in [6.45, 7) is 8.05. The predicted octanol–water partition coefficient (Wildman–Crippen LogP) is 2.93. The molecule has 12 nitrogen and oxygen atoms in total. The van der Waals surface area contributed by atoms with E-state index in [0.29, 0.717) is 45.1 Å². The van der Waals surface area contributed by atoms with E-state index in [1.54, 1.807) is 0 Å².